The zero-order valence-electron chi connectivity index (χ0n) is 7.44. The summed E-state index contributed by atoms with van der Waals surface area (Å²) in [5, 5.41) is 36.9. The SMILES string of the molecule is N#CC(O)C(O)c1ccc([N+](=O)[O-])cn1. The molecule has 7 nitrogen and oxygen atoms in total. The summed E-state index contributed by atoms with van der Waals surface area (Å²) < 4.78 is 0. The fourth-order valence-electron chi connectivity index (χ4n) is 0.913. The standard InChI is InChI=1S/C8H7N3O4/c9-3-7(12)8(13)6-2-1-5(4-10-6)11(14)15/h1-2,4,7-8,12-13H. The van der Waals surface area contributed by atoms with Crippen LogP contribution in [-0.4, -0.2) is 26.2 Å². The van der Waals surface area contributed by atoms with Gasteiger partial charge in [0.25, 0.3) is 5.69 Å². The second-order valence-electron chi connectivity index (χ2n) is 2.72. The monoisotopic (exact) mass is 209 g/mol. The van der Waals surface area contributed by atoms with Crippen LogP contribution in [0.1, 0.15) is 11.8 Å². The maximum absolute atomic E-state index is 10.3. The van der Waals surface area contributed by atoms with Gasteiger partial charge in [-0.05, 0) is 6.07 Å². The van der Waals surface area contributed by atoms with Crippen LogP contribution in [0.2, 0.25) is 0 Å². The Morgan fingerprint density at radius 1 is 1.53 bits per heavy atom. The molecule has 2 atom stereocenters. The number of hydrogen-bond donors (Lipinski definition) is 2. The number of aromatic nitrogens is 1. The summed E-state index contributed by atoms with van der Waals surface area (Å²) in [6.45, 7) is 0. The van der Waals surface area contributed by atoms with Crippen LogP contribution in [0.3, 0.4) is 0 Å². The average Bonchev–Trinajstić information content (AvgIpc) is 2.27. The lowest BCUT2D eigenvalue weighted by Gasteiger charge is -2.09. The van der Waals surface area contributed by atoms with Crippen molar-refractivity contribution in [3.05, 3.63) is 34.1 Å². The minimum Gasteiger partial charge on any atom is -0.383 e. The molecular formula is C8H7N3O4. The highest BCUT2D eigenvalue weighted by molar-refractivity contribution is 5.28. The highest BCUT2D eigenvalue weighted by Gasteiger charge is 2.19. The first-order chi connectivity index (χ1) is 7.06. The molecule has 0 bridgehead atoms. The zero-order valence-corrected chi connectivity index (χ0v) is 7.44. The highest BCUT2D eigenvalue weighted by atomic mass is 16.6. The Hall–Kier alpha value is -2.04. The molecule has 1 aromatic rings. The molecule has 2 N–H and O–H groups in total. The molecule has 0 aliphatic heterocycles. The van der Waals surface area contributed by atoms with E-state index in [4.69, 9.17) is 10.4 Å². The summed E-state index contributed by atoms with van der Waals surface area (Å²) in [7, 11) is 0. The molecule has 0 radical (unpaired) electrons. The fraction of sp³-hybridized carbons (Fsp3) is 0.250. The summed E-state index contributed by atoms with van der Waals surface area (Å²) in [6.07, 6.45) is -2.11. The van der Waals surface area contributed by atoms with Crippen molar-refractivity contribution in [2.75, 3.05) is 0 Å². The summed E-state index contributed by atoms with van der Waals surface area (Å²) >= 11 is 0. The second-order valence-corrected chi connectivity index (χ2v) is 2.72. The van der Waals surface area contributed by atoms with Crippen LogP contribution >= 0.6 is 0 Å². The van der Waals surface area contributed by atoms with E-state index in [2.05, 4.69) is 4.98 Å². The number of rotatable bonds is 3. The van der Waals surface area contributed by atoms with Crippen molar-refractivity contribution >= 4 is 5.69 Å². The van der Waals surface area contributed by atoms with E-state index in [1.54, 1.807) is 0 Å². The molecule has 78 valence electrons. The number of aliphatic hydroxyl groups excluding tert-OH is 2. The zero-order chi connectivity index (χ0) is 11.4. The molecule has 1 rings (SSSR count). The number of nitriles is 1. The van der Waals surface area contributed by atoms with Gasteiger partial charge in [0.1, 0.15) is 12.3 Å². The number of nitro groups is 1. The van der Waals surface area contributed by atoms with E-state index in [0.29, 0.717) is 0 Å². The number of hydrogen-bond acceptors (Lipinski definition) is 6. The van der Waals surface area contributed by atoms with Crippen LogP contribution in [0, 0.1) is 21.4 Å². The van der Waals surface area contributed by atoms with Crippen LogP contribution < -0.4 is 0 Å². The van der Waals surface area contributed by atoms with E-state index >= 15 is 0 Å². The summed E-state index contributed by atoms with van der Waals surface area (Å²) in [4.78, 5) is 13.2. The molecule has 0 amide bonds. The minimum absolute atomic E-state index is 0.00894. The van der Waals surface area contributed by atoms with Gasteiger partial charge in [-0.25, -0.2) is 0 Å². The lowest BCUT2D eigenvalue weighted by Crippen LogP contribution is -2.16. The van der Waals surface area contributed by atoms with Gasteiger partial charge >= 0.3 is 0 Å². The van der Waals surface area contributed by atoms with Crippen LogP contribution in [0.4, 0.5) is 5.69 Å². The first-order valence-electron chi connectivity index (χ1n) is 3.92. The molecule has 0 saturated heterocycles. The molecule has 7 heteroatoms. The largest absolute Gasteiger partial charge is 0.383 e. The molecule has 0 aliphatic carbocycles. The van der Waals surface area contributed by atoms with Crippen LogP contribution in [0.5, 0.6) is 0 Å². The minimum atomic E-state index is -1.60. The molecule has 0 saturated carbocycles. The summed E-state index contributed by atoms with van der Waals surface area (Å²) in [5.41, 5.74) is -0.216. The lowest BCUT2D eigenvalue weighted by atomic mass is 10.1. The molecule has 0 spiro atoms. The maximum Gasteiger partial charge on any atom is 0.287 e. The average molecular weight is 209 g/mol. The van der Waals surface area contributed by atoms with Crippen LogP contribution in [-0.2, 0) is 0 Å². The van der Waals surface area contributed by atoms with Crippen molar-refractivity contribution in [3.63, 3.8) is 0 Å². The highest BCUT2D eigenvalue weighted by Crippen LogP contribution is 2.16. The van der Waals surface area contributed by atoms with E-state index < -0.39 is 17.1 Å². The molecule has 15 heavy (non-hydrogen) atoms. The first-order valence-corrected chi connectivity index (χ1v) is 3.92. The third kappa shape index (κ3) is 2.46. The smallest absolute Gasteiger partial charge is 0.287 e. The fourth-order valence-corrected chi connectivity index (χ4v) is 0.913. The Bertz CT molecular complexity index is 397. The summed E-state index contributed by atoms with van der Waals surface area (Å²) in [6, 6.07) is 3.75. The second kappa shape index (κ2) is 4.45. The van der Waals surface area contributed by atoms with E-state index in [1.807, 2.05) is 0 Å². The van der Waals surface area contributed by atoms with Gasteiger partial charge in [-0.2, -0.15) is 5.26 Å². The molecule has 1 heterocycles. The van der Waals surface area contributed by atoms with Gasteiger partial charge in [0, 0.05) is 6.07 Å². The molecular weight excluding hydrogens is 202 g/mol. The lowest BCUT2D eigenvalue weighted by molar-refractivity contribution is -0.385. The Morgan fingerprint density at radius 3 is 2.60 bits per heavy atom. The van der Waals surface area contributed by atoms with Crippen molar-refractivity contribution in [2.45, 2.75) is 12.2 Å². The van der Waals surface area contributed by atoms with Crippen molar-refractivity contribution in [1.82, 2.24) is 4.98 Å². The van der Waals surface area contributed by atoms with Gasteiger partial charge in [0.05, 0.1) is 16.7 Å². The Labute approximate surface area is 84.4 Å². The Morgan fingerprint density at radius 2 is 2.20 bits per heavy atom. The quantitative estimate of drug-likeness (QED) is 0.407. The van der Waals surface area contributed by atoms with E-state index in [-0.39, 0.29) is 11.4 Å². The van der Waals surface area contributed by atoms with E-state index in [1.165, 1.54) is 12.1 Å². The predicted molar refractivity (Wildman–Crippen MR) is 47.5 cm³/mol. The van der Waals surface area contributed by atoms with Gasteiger partial charge in [0.15, 0.2) is 6.10 Å². The third-order valence-electron chi connectivity index (χ3n) is 1.72. The topological polar surface area (TPSA) is 120 Å². The van der Waals surface area contributed by atoms with Crippen molar-refractivity contribution < 1.29 is 15.1 Å². The predicted octanol–water partition coefficient (Wildman–Crippen LogP) is -0.0923. The van der Waals surface area contributed by atoms with E-state index in [9.17, 15) is 15.2 Å². The normalized spacial score (nSPS) is 13.9. The van der Waals surface area contributed by atoms with E-state index in [0.717, 1.165) is 12.3 Å². The first kappa shape index (κ1) is 11.0. The van der Waals surface area contributed by atoms with Crippen molar-refractivity contribution in [3.8, 4) is 6.07 Å². The Kier molecular flexibility index (Phi) is 3.28. The molecule has 0 aliphatic rings. The maximum atomic E-state index is 10.3. The number of aliphatic hydroxyl groups is 2. The van der Waals surface area contributed by atoms with Crippen molar-refractivity contribution in [1.29, 1.82) is 5.26 Å². The van der Waals surface area contributed by atoms with Gasteiger partial charge < -0.3 is 10.2 Å². The molecule has 0 aromatic carbocycles. The summed E-state index contributed by atoms with van der Waals surface area (Å²) in [5.74, 6) is 0. The van der Waals surface area contributed by atoms with Crippen LogP contribution in [0.15, 0.2) is 18.3 Å². The molecule has 0 fully saturated rings. The number of nitrogens with zero attached hydrogens (tertiary/aromatic N) is 3. The van der Waals surface area contributed by atoms with Gasteiger partial charge in [-0.1, -0.05) is 0 Å². The molecule has 2 unspecified atom stereocenters. The van der Waals surface area contributed by atoms with Gasteiger partial charge in [-0.15, -0.1) is 0 Å². The Balaban J connectivity index is 2.90. The van der Waals surface area contributed by atoms with Gasteiger partial charge in [0.2, 0.25) is 0 Å². The third-order valence-corrected chi connectivity index (χ3v) is 1.72. The molecule has 1 aromatic heterocycles. The van der Waals surface area contributed by atoms with Crippen molar-refractivity contribution in [2.24, 2.45) is 0 Å². The number of pyridine rings is 1. The van der Waals surface area contributed by atoms with Crippen LogP contribution in [0.25, 0.3) is 0 Å². The van der Waals surface area contributed by atoms with Gasteiger partial charge in [-0.3, -0.25) is 15.1 Å².